The maximum absolute atomic E-state index is 8.75. The summed E-state index contributed by atoms with van der Waals surface area (Å²) in [5.74, 6) is 7.57. The van der Waals surface area contributed by atoms with Crippen molar-refractivity contribution in [2.75, 3.05) is 13.4 Å². The number of ether oxygens (including phenoxy) is 2. The fraction of sp³-hybridized carbons (Fsp3) is 0.333. The number of aliphatic hydroxyl groups excluding tert-OH is 1. The maximum atomic E-state index is 8.75. The molecule has 1 aromatic carbocycles. The Balaban J connectivity index is 2.27. The third-order valence-corrected chi connectivity index (χ3v) is 2.55. The Kier molecular flexibility index (Phi) is 4.27. The Morgan fingerprint density at radius 1 is 1.39 bits per heavy atom. The molecule has 3 heteroatoms. The minimum absolute atomic E-state index is 0.0908. The quantitative estimate of drug-likeness (QED) is 0.831. The Morgan fingerprint density at radius 2 is 2.22 bits per heavy atom. The first-order chi connectivity index (χ1) is 8.85. The van der Waals surface area contributed by atoms with E-state index in [-0.39, 0.29) is 13.4 Å². The van der Waals surface area contributed by atoms with Crippen LogP contribution >= 0.6 is 0 Å². The Labute approximate surface area is 107 Å². The van der Waals surface area contributed by atoms with Gasteiger partial charge in [0.1, 0.15) is 0 Å². The monoisotopic (exact) mass is 244 g/mol. The van der Waals surface area contributed by atoms with E-state index in [9.17, 15) is 0 Å². The molecule has 0 bridgehead atoms. The van der Waals surface area contributed by atoms with Crippen LogP contribution in [0.1, 0.15) is 25.3 Å². The predicted octanol–water partition coefficient (Wildman–Crippen LogP) is 2.59. The van der Waals surface area contributed by atoms with Crippen molar-refractivity contribution in [1.82, 2.24) is 0 Å². The second-order valence-electron chi connectivity index (χ2n) is 3.87. The minimum atomic E-state index is 0.0908. The van der Waals surface area contributed by atoms with Crippen LogP contribution in [0.4, 0.5) is 0 Å². The van der Waals surface area contributed by atoms with Gasteiger partial charge in [-0.05, 0) is 30.2 Å². The molecule has 1 aromatic rings. The first-order valence-electron chi connectivity index (χ1n) is 6.05. The van der Waals surface area contributed by atoms with Crippen LogP contribution in [0.25, 0.3) is 5.57 Å². The Bertz CT molecular complexity index is 506. The maximum Gasteiger partial charge on any atom is 0.231 e. The van der Waals surface area contributed by atoms with Gasteiger partial charge in [0.25, 0.3) is 0 Å². The van der Waals surface area contributed by atoms with Gasteiger partial charge in [0, 0.05) is 12.0 Å². The highest BCUT2D eigenvalue weighted by Gasteiger charge is 2.13. The summed E-state index contributed by atoms with van der Waals surface area (Å²) in [6.45, 7) is 2.44. The van der Waals surface area contributed by atoms with Crippen molar-refractivity contribution in [3.8, 4) is 23.3 Å². The molecule has 1 aliphatic heterocycles. The van der Waals surface area contributed by atoms with Crippen LogP contribution in [0.3, 0.4) is 0 Å². The smallest absolute Gasteiger partial charge is 0.231 e. The summed E-state index contributed by atoms with van der Waals surface area (Å²) in [5.41, 5.74) is 1.98. The SMILES string of the molecule is CC/C=C(\C#CCCO)c1ccc2c(c1)OCO2. The largest absolute Gasteiger partial charge is 0.454 e. The lowest BCUT2D eigenvalue weighted by molar-refractivity contribution is 0.174. The number of allylic oxidation sites excluding steroid dienone is 2. The van der Waals surface area contributed by atoms with Gasteiger partial charge in [-0.1, -0.05) is 24.8 Å². The molecule has 0 atom stereocenters. The third-order valence-electron chi connectivity index (χ3n) is 2.55. The average Bonchev–Trinajstić information content (AvgIpc) is 2.85. The zero-order chi connectivity index (χ0) is 12.8. The minimum Gasteiger partial charge on any atom is -0.454 e. The van der Waals surface area contributed by atoms with E-state index in [2.05, 4.69) is 24.8 Å². The van der Waals surface area contributed by atoms with E-state index in [1.165, 1.54) is 0 Å². The topological polar surface area (TPSA) is 38.7 Å². The van der Waals surface area contributed by atoms with Gasteiger partial charge in [-0.2, -0.15) is 0 Å². The van der Waals surface area contributed by atoms with Crippen LogP contribution < -0.4 is 9.47 Å². The Hall–Kier alpha value is -1.92. The summed E-state index contributed by atoms with van der Waals surface area (Å²) in [5, 5.41) is 8.75. The number of rotatable bonds is 3. The molecule has 0 aliphatic carbocycles. The van der Waals surface area contributed by atoms with E-state index < -0.39 is 0 Å². The van der Waals surface area contributed by atoms with Crippen LogP contribution in [0.5, 0.6) is 11.5 Å². The summed E-state index contributed by atoms with van der Waals surface area (Å²) in [4.78, 5) is 0. The highest BCUT2D eigenvalue weighted by Crippen LogP contribution is 2.34. The molecule has 3 nitrogen and oxygen atoms in total. The summed E-state index contributed by atoms with van der Waals surface area (Å²) in [7, 11) is 0. The molecular formula is C15H16O3. The van der Waals surface area contributed by atoms with Crippen LogP contribution in [0, 0.1) is 11.8 Å². The molecule has 1 N–H and O–H groups in total. The molecule has 0 fully saturated rings. The van der Waals surface area contributed by atoms with E-state index in [0.717, 1.165) is 29.1 Å². The molecule has 0 saturated carbocycles. The first kappa shape index (κ1) is 12.5. The van der Waals surface area contributed by atoms with E-state index in [0.29, 0.717) is 6.42 Å². The van der Waals surface area contributed by atoms with Crippen molar-refractivity contribution < 1.29 is 14.6 Å². The van der Waals surface area contributed by atoms with E-state index >= 15 is 0 Å². The molecular weight excluding hydrogens is 228 g/mol. The second-order valence-corrected chi connectivity index (χ2v) is 3.87. The van der Waals surface area contributed by atoms with E-state index in [4.69, 9.17) is 14.6 Å². The van der Waals surface area contributed by atoms with E-state index in [1.54, 1.807) is 0 Å². The lowest BCUT2D eigenvalue weighted by Gasteiger charge is -2.02. The molecule has 0 amide bonds. The fourth-order valence-electron chi connectivity index (χ4n) is 1.72. The molecule has 94 valence electrons. The first-order valence-corrected chi connectivity index (χ1v) is 6.05. The van der Waals surface area contributed by atoms with Crippen LogP contribution in [0.2, 0.25) is 0 Å². The van der Waals surface area contributed by atoms with Gasteiger partial charge in [-0.25, -0.2) is 0 Å². The van der Waals surface area contributed by atoms with Gasteiger partial charge in [-0.3, -0.25) is 0 Å². The second kappa shape index (κ2) is 6.13. The summed E-state index contributed by atoms with van der Waals surface area (Å²) >= 11 is 0. The molecule has 0 aromatic heterocycles. The van der Waals surface area contributed by atoms with Crippen molar-refractivity contribution in [1.29, 1.82) is 0 Å². The van der Waals surface area contributed by atoms with Gasteiger partial charge in [-0.15, -0.1) is 0 Å². The zero-order valence-electron chi connectivity index (χ0n) is 10.4. The lowest BCUT2D eigenvalue weighted by atomic mass is 10.0. The molecule has 1 aliphatic rings. The molecule has 0 unspecified atom stereocenters. The van der Waals surface area contributed by atoms with Crippen molar-refractivity contribution in [3.63, 3.8) is 0 Å². The number of hydrogen-bond donors (Lipinski definition) is 1. The van der Waals surface area contributed by atoms with Gasteiger partial charge in [0.15, 0.2) is 11.5 Å². The third kappa shape index (κ3) is 2.85. The molecule has 0 saturated heterocycles. The molecule has 18 heavy (non-hydrogen) atoms. The van der Waals surface area contributed by atoms with Gasteiger partial charge < -0.3 is 14.6 Å². The van der Waals surface area contributed by atoms with Crippen LogP contribution in [0.15, 0.2) is 24.3 Å². The molecule has 0 spiro atoms. The van der Waals surface area contributed by atoms with Gasteiger partial charge in [0.2, 0.25) is 6.79 Å². The summed E-state index contributed by atoms with van der Waals surface area (Å²) in [6.07, 6.45) is 3.48. The number of hydrogen-bond acceptors (Lipinski definition) is 3. The zero-order valence-corrected chi connectivity index (χ0v) is 10.4. The highest BCUT2D eigenvalue weighted by atomic mass is 16.7. The number of aliphatic hydroxyl groups is 1. The summed E-state index contributed by atoms with van der Waals surface area (Å²) < 4.78 is 10.6. The van der Waals surface area contributed by atoms with Crippen molar-refractivity contribution in [2.45, 2.75) is 19.8 Å². The fourth-order valence-corrected chi connectivity index (χ4v) is 1.72. The lowest BCUT2D eigenvalue weighted by Crippen LogP contribution is -1.92. The van der Waals surface area contributed by atoms with Crippen LogP contribution in [-0.2, 0) is 0 Å². The van der Waals surface area contributed by atoms with Gasteiger partial charge >= 0.3 is 0 Å². The average molecular weight is 244 g/mol. The van der Waals surface area contributed by atoms with E-state index in [1.807, 2.05) is 18.2 Å². The van der Waals surface area contributed by atoms with Gasteiger partial charge in [0.05, 0.1) is 6.61 Å². The van der Waals surface area contributed by atoms with Crippen LogP contribution in [-0.4, -0.2) is 18.5 Å². The van der Waals surface area contributed by atoms with Crippen molar-refractivity contribution in [2.24, 2.45) is 0 Å². The standard InChI is InChI=1S/C15H16O3/c1-2-5-12(6-3-4-9-16)13-7-8-14-15(10-13)18-11-17-14/h5,7-8,10,16H,2,4,9,11H2,1H3/b12-5+. The Morgan fingerprint density at radius 3 is 3.00 bits per heavy atom. The molecule has 0 radical (unpaired) electrons. The highest BCUT2D eigenvalue weighted by molar-refractivity contribution is 5.80. The summed E-state index contributed by atoms with van der Waals surface area (Å²) in [6, 6.07) is 5.81. The molecule has 1 heterocycles. The normalized spacial score (nSPS) is 13.1. The van der Waals surface area contributed by atoms with Crippen molar-refractivity contribution >= 4 is 5.57 Å². The predicted molar refractivity (Wildman–Crippen MR) is 70.3 cm³/mol. The molecule has 2 rings (SSSR count). The number of benzene rings is 1. The van der Waals surface area contributed by atoms with Crippen molar-refractivity contribution in [3.05, 3.63) is 29.8 Å². The number of fused-ring (bicyclic) bond motifs is 1.